The van der Waals surface area contributed by atoms with Crippen LogP contribution in [0.1, 0.15) is 0 Å². The predicted octanol–water partition coefficient (Wildman–Crippen LogP) is 1.50. The van der Waals surface area contributed by atoms with Crippen molar-refractivity contribution in [3.8, 4) is 0 Å². The summed E-state index contributed by atoms with van der Waals surface area (Å²) in [4.78, 5) is -0.322. The molecule has 0 aliphatic carbocycles. The largest absolute Gasteiger partial charge is 0.299 e. The number of nitrogens with one attached hydrogen (secondary N) is 1. The highest BCUT2D eigenvalue weighted by molar-refractivity contribution is 7.85. The van der Waals surface area contributed by atoms with Gasteiger partial charge < -0.3 is 0 Å². The van der Waals surface area contributed by atoms with E-state index in [1.807, 2.05) is 0 Å². The molecule has 0 atom stereocenters. The molecule has 0 spiro atoms. The number of hydrogen-bond donors (Lipinski definition) is 1. The molecule has 1 radical (unpaired) electrons. The highest BCUT2D eigenvalue weighted by Gasteiger charge is 2.10. The van der Waals surface area contributed by atoms with Crippen molar-refractivity contribution in [1.82, 2.24) is 5.73 Å². The van der Waals surface area contributed by atoms with Gasteiger partial charge in [-0.05, 0) is 18.2 Å². The summed E-state index contributed by atoms with van der Waals surface area (Å²) in [5, 5.41) is 0.141. The van der Waals surface area contributed by atoms with E-state index in [1.54, 1.807) is 0 Å². The van der Waals surface area contributed by atoms with Crippen molar-refractivity contribution < 1.29 is 13.0 Å². The van der Waals surface area contributed by atoms with E-state index < -0.39 is 10.1 Å². The first kappa shape index (κ1) is 9.31. The van der Waals surface area contributed by atoms with Crippen molar-refractivity contribution in [1.29, 1.82) is 0 Å². The van der Waals surface area contributed by atoms with Crippen LogP contribution in [0.15, 0.2) is 23.1 Å². The molecule has 0 aliphatic rings. The van der Waals surface area contributed by atoms with Crippen LogP contribution in [0.5, 0.6) is 0 Å². The average molecular weight is 207 g/mol. The summed E-state index contributed by atoms with van der Waals surface area (Å²) < 4.78 is 29.6. The van der Waals surface area contributed by atoms with Gasteiger partial charge in [-0.25, -0.2) is 0 Å². The summed E-state index contributed by atoms with van der Waals surface area (Å²) in [6.07, 6.45) is 0. The van der Waals surface area contributed by atoms with Crippen LogP contribution in [0.25, 0.3) is 0 Å². The molecule has 1 aromatic rings. The number of benzene rings is 1. The monoisotopic (exact) mass is 206 g/mol. The molecule has 0 bridgehead atoms. The van der Waals surface area contributed by atoms with Gasteiger partial charge in [0.15, 0.2) is 0 Å². The summed E-state index contributed by atoms with van der Waals surface area (Å²) in [7, 11) is -4.22. The second kappa shape index (κ2) is 2.93. The summed E-state index contributed by atoms with van der Waals surface area (Å²) in [6, 6.07) is 3.36. The second-order valence-corrected chi connectivity index (χ2v) is 3.95. The molecule has 0 saturated carbocycles. The van der Waals surface area contributed by atoms with Crippen LogP contribution in [0, 0.1) is 0 Å². The molecule has 65 valence electrons. The normalized spacial score (nSPS) is 11.5. The fourth-order valence-electron chi connectivity index (χ4n) is 0.665. The molecule has 4 nitrogen and oxygen atoms in total. The first-order valence-electron chi connectivity index (χ1n) is 2.90. The lowest BCUT2D eigenvalue weighted by Gasteiger charge is -1.98. The molecule has 12 heavy (non-hydrogen) atoms. The van der Waals surface area contributed by atoms with E-state index in [0.29, 0.717) is 0 Å². The molecule has 0 heterocycles. The van der Waals surface area contributed by atoms with Crippen LogP contribution < -0.4 is 5.73 Å². The van der Waals surface area contributed by atoms with Crippen molar-refractivity contribution in [2.75, 3.05) is 0 Å². The predicted molar refractivity (Wildman–Crippen MR) is 44.0 cm³/mol. The zero-order valence-electron chi connectivity index (χ0n) is 5.78. The van der Waals surface area contributed by atoms with Gasteiger partial charge in [-0.3, -0.25) is 10.3 Å². The van der Waals surface area contributed by atoms with E-state index >= 15 is 0 Å². The third kappa shape index (κ3) is 1.88. The molecule has 0 saturated heterocycles. The molecule has 1 aromatic carbocycles. The SMILES string of the molecule is [NH]c1cc(S(=O)(=O)O)ccc1Cl. The van der Waals surface area contributed by atoms with E-state index in [9.17, 15) is 8.42 Å². The topological polar surface area (TPSA) is 78.2 Å². The van der Waals surface area contributed by atoms with Crippen LogP contribution >= 0.6 is 11.6 Å². The Morgan fingerprint density at radius 3 is 2.42 bits per heavy atom. The summed E-state index contributed by atoms with van der Waals surface area (Å²) in [5.74, 6) is 0. The second-order valence-electron chi connectivity index (χ2n) is 2.12. The zero-order valence-corrected chi connectivity index (χ0v) is 7.35. The van der Waals surface area contributed by atoms with Gasteiger partial charge in [0.2, 0.25) is 0 Å². The Morgan fingerprint density at radius 2 is 2.00 bits per heavy atom. The van der Waals surface area contributed by atoms with Gasteiger partial charge in [-0.1, -0.05) is 11.6 Å². The quantitative estimate of drug-likeness (QED) is 0.708. The minimum absolute atomic E-state index is 0.133. The average Bonchev–Trinajstić information content (AvgIpc) is 1.92. The van der Waals surface area contributed by atoms with Crippen LogP contribution in [-0.2, 0) is 10.1 Å². The van der Waals surface area contributed by atoms with Gasteiger partial charge in [-0.15, -0.1) is 0 Å². The maximum atomic E-state index is 10.5. The Hall–Kier alpha value is -0.780. The Kier molecular flexibility index (Phi) is 2.27. The van der Waals surface area contributed by atoms with Crippen molar-refractivity contribution in [3.05, 3.63) is 23.2 Å². The molecule has 0 unspecified atom stereocenters. The molecule has 0 aromatic heterocycles. The minimum Gasteiger partial charge on any atom is -0.299 e. The zero-order chi connectivity index (χ0) is 9.35. The fraction of sp³-hybridized carbons (Fsp3) is 0. The number of rotatable bonds is 1. The van der Waals surface area contributed by atoms with Crippen LogP contribution in [0.4, 0.5) is 5.69 Å². The third-order valence-electron chi connectivity index (χ3n) is 1.24. The lowest BCUT2D eigenvalue weighted by Crippen LogP contribution is -1.97. The van der Waals surface area contributed by atoms with Gasteiger partial charge in [0.1, 0.15) is 0 Å². The van der Waals surface area contributed by atoms with Gasteiger partial charge in [0.25, 0.3) is 10.1 Å². The smallest absolute Gasteiger partial charge is 0.294 e. The van der Waals surface area contributed by atoms with Gasteiger partial charge in [-0.2, -0.15) is 8.42 Å². The molecule has 2 N–H and O–H groups in total. The highest BCUT2D eigenvalue weighted by Crippen LogP contribution is 2.22. The Morgan fingerprint density at radius 1 is 1.42 bits per heavy atom. The van der Waals surface area contributed by atoms with E-state index in [-0.39, 0.29) is 15.6 Å². The summed E-state index contributed by atoms with van der Waals surface area (Å²) in [6.45, 7) is 0. The van der Waals surface area contributed by atoms with Crippen molar-refractivity contribution >= 4 is 27.4 Å². The Bertz CT molecular complexity index is 401. The molecule has 0 fully saturated rings. The van der Waals surface area contributed by atoms with E-state index in [4.69, 9.17) is 21.9 Å². The lowest BCUT2D eigenvalue weighted by atomic mass is 10.3. The van der Waals surface area contributed by atoms with Crippen molar-refractivity contribution in [2.24, 2.45) is 0 Å². The van der Waals surface area contributed by atoms with Crippen molar-refractivity contribution in [3.63, 3.8) is 0 Å². The molecule has 6 heteroatoms. The maximum Gasteiger partial charge on any atom is 0.294 e. The Balaban J connectivity index is 3.33. The van der Waals surface area contributed by atoms with Crippen LogP contribution in [0.3, 0.4) is 0 Å². The standard InChI is InChI=1S/C6H5ClNO3S/c7-5-2-1-4(3-6(5)8)12(9,10)11/h1-3,8H,(H,9,10,11). The van der Waals surface area contributed by atoms with Gasteiger partial charge >= 0.3 is 0 Å². The van der Waals surface area contributed by atoms with E-state index in [1.165, 1.54) is 6.07 Å². The molecular formula is C6H5ClNO3S. The van der Waals surface area contributed by atoms with Crippen molar-refractivity contribution in [2.45, 2.75) is 4.90 Å². The highest BCUT2D eigenvalue weighted by atomic mass is 35.5. The van der Waals surface area contributed by atoms with E-state index in [0.717, 1.165) is 12.1 Å². The van der Waals surface area contributed by atoms with E-state index in [2.05, 4.69) is 0 Å². The van der Waals surface area contributed by atoms with Gasteiger partial charge in [0, 0.05) is 0 Å². The lowest BCUT2D eigenvalue weighted by molar-refractivity contribution is 0.483. The summed E-state index contributed by atoms with van der Waals surface area (Å²) in [5.41, 5.74) is 7.00. The minimum atomic E-state index is -4.22. The number of hydrogen-bond acceptors (Lipinski definition) is 2. The maximum absolute atomic E-state index is 10.5. The first-order chi connectivity index (χ1) is 5.41. The summed E-state index contributed by atoms with van der Waals surface area (Å²) >= 11 is 5.47. The third-order valence-corrected chi connectivity index (χ3v) is 2.41. The van der Waals surface area contributed by atoms with Crippen LogP contribution in [0.2, 0.25) is 5.02 Å². The molecule has 1 rings (SSSR count). The Labute approximate surface area is 74.7 Å². The molecule has 0 amide bonds. The van der Waals surface area contributed by atoms with Crippen LogP contribution in [-0.4, -0.2) is 13.0 Å². The van der Waals surface area contributed by atoms with Gasteiger partial charge in [0.05, 0.1) is 15.6 Å². The molecular weight excluding hydrogens is 202 g/mol. The number of halogens is 1. The first-order valence-corrected chi connectivity index (χ1v) is 4.72. The molecule has 0 aliphatic heterocycles. The fourth-order valence-corrected chi connectivity index (χ4v) is 1.29.